The standard InChI is InChI=1S/C19H12F3N3OS2/c1-10-4-2-5-11(8-10)25-16-15(17(26)24-18(25)27)12(19(20,21)22)9-13(23-16)14-6-3-7-28-14/h2-9H,1H3,(H,24,26,27). The number of thiophene rings is 1. The highest BCUT2D eigenvalue weighted by atomic mass is 32.1. The predicted molar refractivity (Wildman–Crippen MR) is 106 cm³/mol. The van der Waals surface area contributed by atoms with Crippen molar-refractivity contribution in [3.8, 4) is 16.3 Å². The molecular weight excluding hydrogens is 407 g/mol. The molecule has 0 unspecified atom stereocenters. The Balaban J connectivity index is 2.21. The van der Waals surface area contributed by atoms with Crippen molar-refractivity contribution in [2.24, 2.45) is 0 Å². The number of rotatable bonds is 2. The van der Waals surface area contributed by atoms with E-state index in [9.17, 15) is 18.0 Å². The summed E-state index contributed by atoms with van der Waals surface area (Å²) in [6, 6.07) is 11.4. The third kappa shape index (κ3) is 3.16. The van der Waals surface area contributed by atoms with Crippen molar-refractivity contribution in [3.05, 3.63) is 74.1 Å². The van der Waals surface area contributed by atoms with Crippen LogP contribution in [0.15, 0.2) is 52.6 Å². The molecular formula is C19H12F3N3OS2. The Morgan fingerprint density at radius 2 is 1.96 bits per heavy atom. The van der Waals surface area contributed by atoms with E-state index in [1.807, 2.05) is 13.0 Å². The fourth-order valence-corrected chi connectivity index (χ4v) is 3.98. The molecule has 28 heavy (non-hydrogen) atoms. The number of nitrogens with zero attached hydrogens (tertiary/aromatic N) is 2. The van der Waals surface area contributed by atoms with Crippen LogP contribution in [0.2, 0.25) is 0 Å². The Bertz CT molecular complexity index is 1300. The third-order valence-corrected chi connectivity index (χ3v) is 5.38. The summed E-state index contributed by atoms with van der Waals surface area (Å²) in [5.41, 5.74) is -0.534. The van der Waals surface area contributed by atoms with Gasteiger partial charge in [-0.1, -0.05) is 18.2 Å². The van der Waals surface area contributed by atoms with Crippen LogP contribution >= 0.6 is 23.6 Å². The average Bonchev–Trinajstić information content (AvgIpc) is 3.14. The molecule has 0 fully saturated rings. The van der Waals surface area contributed by atoms with E-state index in [0.717, 1.165) is 11.6 Å². The van der Waals surface area contributed by atoms with Crippen LogP contribution in [0.5, 0.6) is 0 Å². The largest absolute Gasteiger partial charge is 0.417 e. The number of aromatic amines is 1. The number of aromatic nitrogens is 3. The van der Waals surface area contributed by atoms with Crippen LogP contribution in [0.3, 0.4) is 0 Å². The minimum Gasteiger partial charge on any atom is -0.298 e. The molecule has 0 aliphatic rings. The van der Waals surface area contributed by atoms with Gasteiger partial charge in [-0.3, -0.25) is 14.3 Å². The molecule has 4 nitrogen and oxygen atoms in total. The zero-order valence-corrected chi connectivity index (χ0v) is 16.0. The molecule has 1 aromatic carbocycles. The lowest BCUT2D eigenvalue weighted by Crippen LogP contribution is -2.20. The summed E-state index contributed by atoms with van der Waals surface area (Å²) in [4.78, 5) is 19.8. The summed E-state index contributed by atoms with van der Waals surface area (Å²) in [6.45, 7) is 1.85. The highest BCUT2D eigenvalue weighted by molar-refractivity contribution is 7.71. The minimum atomic E-state index is -4.73. The van der Waals surface area contributed by atoms with Crippen LogP contribution in [-0.4, -0.2) is 14.5 Å². The first-order valence-corrected chi connectivity index (χ1v) is 9.43. The Hall–Kier alpha value is -2.78. The summed E-state index contributed by atoms with van der Waals surface area (Å²) >= 11 is 6.53. The lowest BCUT2D eigenvalue weighted by molar-refractivity contribution is -0.136. The van der Waals surface area contributed by atoms with E-state index in [2.05, 4.69) is 9.97 Å². The number of fused-ring (bicyclic) bond motifs is 1. The van der Waals surface area contributed by atoms with Gasteiger partial charge in [0.1, 0.15) is 0 Å². The van der Waals surface area contributed by atoms with Gasteiger partial charge in [0, 0.05) is 0 Å². The van der Waals surface area contributed by atoms with Gasteiger partial charge >= 0.3 is 6.18 Å². The molecule has 0 aliphatic heterocycles. The Morgan fingerprint density at radius 1 is 1.18 bits per heavy atom. The molecule has 3 heterocycles. The smallest absolute Gasteiger partial charge is 0.298 e. The minimum absolute atomic E-state index is 0.0212. The second-order valence-electron chi connectivity index (χ2n) is 6.16. The van der Waals surface area contributed by atoms with E-state index < -0.39 is 22.7 Å². The van der Waals surface area contributed by atoms with Gasteiger partial charge in [-0.05, 0) is 54.4 Å². The predicted octanol–water partition coefficient (Wildman–Crippen LogP) is 5.50. The number of nitrogens with one attached hydrogen (secondary N) is 1. The van der Waals surface area contributed by atoms with Crippen molar-refractivity contribution < 1.29 is 13.2 Å². The molecule has 3 aromatic heterocycles. The second kappa shape index (κ2) is 6.68. The van der Waals surface area contributed by atoms with Crippen LogP contribution in [0.25, 0.3) is 27.3 Å². The van der Waals surface area contributed by atoms with E-state index in [1.165, 1.54) is 15.9 Å². The lowest BCUT2D eigenvalue weighted by Gasteiger charge is -2.16. The first kappa shape index (κ1) is 18.6. The van der Waals surface area contributed by atoms with Crippen LogP contribution in [0.4, 0.5) is 13.2 Å². The fraction of sp³-hybridized carbons (Fsp3) is 0.105. The van der Waals surface area contributed by atoms with Crippen LogP contribution in [-0.2, 0) is 6.18 Å². The first-order chi connectivity index (χ1) is 13.3. The van der Waals surface area contributed by atoms with Gasteiger partial charge in [0.25, 0.3) is 5.56 Å². The summed E-state index contributed by atoms with van der Waals surface area (Å²) in [5, 5.41) is 1.21. The Labute approximate surface area is 165 Å². The number of aryl methyl sites for hydroxylation is 1. The van der Waals surface area contributed by atoms with E-state index in [4.69, 9.17) is 12.2 Å². The van der Waals surface area contributed by atoms with Crippen molar-refractivity contribution in [2.75, 3.05) is 0 Å². The third-order valence-electron chi connectivity index (χ3n) is 4.20. The number of alkyl halides is 3. The lowest BCUT2D eigenvalue weighted by atomic mass is 10.1. The maximum Gasteiger partial charge on any atom is 0.417 e. The van der Waals surface area contributed by atoms with Crippen molar-refractivity contribution in [2.45, 2.75) is 13.1 Å². The fourth-order valence-electron chi connectivity index (χ4n) is 3.01. The summed E-state index contributed by atoms with van der Waals surface area (Å²) in [5.74, 6) is 0. The van der Waals surface area contributed by atoms with Crippen molar-refractivity contribution in [1.82, 2.24) is 14.5 Å². The number of benzene rings is 1. The summed E-state index contributed by atoms with van der Waals surface area (Å²) < 4.78 is 42.8. The van der Waals surface area contributed by atoms with Crippen molar-refractivity contribution >= 4 is 34.6 Å². The molecule has 0 radical (unpaired) electrons. The number of pyridine rings is 1. The van der Waals surface area contributed by atoms with E-state index in [-0.39, 0.29) is 16.1 Å². The molecule has 9 heteroatoms. The SMILES string of the molecule is Cc1cccc(-n2c(=S)[nH]c(=O)c3c(C(F)(F)F)cc(-c4cccs4)nc32)c1. The molecule has 4 aromatic rings. The second-order valence-corrected chi connectivity index (χ2v) is 7.50. The molecule has 0 saturated carbocycles. The highest BCUT2D eigenvalue weighted by Gasteiger charge is 2.35. The highest BCUT2D eigenvalue weighted by Crippen LogP contribution is 2.36. The van der Waals surface area contributed by atoms with Crippen LogP contribution in [0, 0.1) is 11.7 Å². The molecule has 1 N–H and O–H groups in total. The van der Waals surface area contributed by atoms with Gasteiger partial charge < -0.3 is 0 Å². The monoisotopic (exact) mass is 419 g/mol. The van der Waals surface area contributed by atoms with E-state index in [1.54, 1.807) is 35.7 Å². The number of H-pyrrole nitrogens is 1. The van der Waals surface area contributed by atoms with Crippen molar-refractivity contribution in [1.29, 1.82) is 0 Å². The van der Waals surface area contributed by atoms with Gasteiger partial charge in [0.05, 0.1) is 27.2 Å². The Kier molecular flexibility index (Phi) is 4.43. The van der Waals surface area contributed by atoms with Gasteiger partial charge in [-0.25, -0.2) is 4.98 Å². The molecule has 0 spiro atoms. The molecule has 0 amide bonds. The van der Waals surface area contributed by atoms with Crippen LogP contribution in [0.1, 0.15) is 11.1 Å². The maximum absolute atomic E-state index is 13.8. The number of halogens is 3. The number of hydrogen-bond donors (Lipinski definition) is 1. The van der Waals surface area contributed by atoms with Gasteiger partial charge in [-0.15, -0.1) is 11.3 Å². The van der Waals surface area contributed by atoms with Gasteiger partial charge in [-0.2, -0.15) is 13.2 Å². The maximum atomic E-state index is 13.8. The van der Waals surface area contributed by atoms with E-state index >= 15 is 0 Å². The zero-order valence-electron chi connectivity index (χ0n) is 14.4. The summed E-state index contributed by atoms with van der Waals surface area (Å²) in [7, 11) is 0. The topological polar surface area (TPSA) is 50.7 Å². The molecule has 142 valence electrons. The first-order valence-electron chi connectivity index (χ1n) is 8.14. The van der Waals surface area contributed by atoms with Gasteiger partial charge in [0.15, 0.2) is 10.4 Å². The van der Waals surface area contributed by atoms with Crippen molar-refractivity contribution in [3.63, 3.8) is 0 Å². The molecule has 4 rings (SSSR count). The molecule has 0 saturated heterocycles. The normalized spacial score (nSPS) is 11.9. The molecule has 0 aliphatic carbocycles. The molecule has 0 bridgehead atoms. The zero-order chi connectivity index (χ0) is 20.1. The Morgan fingerprint density at radius 3 is 2.61 bits per heavy atom. The van der Waals surface area contributed by atoms with E-state index in [0.29, 0.717) is 10.6 Å². The van der Waals surface area contributed by atoms with Crippen LogP contribution < -0.4 is 5.56 Å². The number of hydrogen-bond acceptors (Lipinski definition) is 4. The summed E-state index contributed by atoms with van der Waals surface area (Å²) in [6.07, 6.45) is -4.73. The average molecular weight is 419 g/mol. The quantitative estimate of drug-likeness (QED) is 0.437. The van der Waals surface area contributed by atoms with Gasteiger partial charge in [0.2, 0.25) is 0 Å². The molecule has 0 atom stereocenters.